The number of rotatable bonds is 4. The van der Waals surface area contributed by atoms with Gasteiger partial charge in [0.25, 0.3) is 0 Å². The summed E-state index contributed by atoms with van der Waals surface area (Å²) in [6.45, 7) is 8.59. The van der Waals surface area contributed by atoms with E-state index < -0.39 is 0 Å². The van der Waals surface area contributed by atoms with Gasteiger partial charge in [-0.15, -0.1) is 0 Å². The predicted molar refractivity (Wildman–Crippen MR) is 73.4 cm³/mol. The monoisotopic (exact) mass is 239 g/mol. The highest BCUT2D eigenvalue weighted by molar-refractivity contribution is 4.82. The number of hydrogen-bond donors (Lipinski definition) is 2. The molecule has 0 saturated carbocycles. The molecule has 2 aliphatic rings. The molecule has 2 rings (SSSR count). The van der Waals surface area contributed by atoms with Crippen LogP contribution in [0.25, 0.3) is 0 Å². The highest BCUT2D eigenvalue weighted by Crippen LogP contribution is 2.14. The molecule has 2 heterocycles. The van der Waals surface area contributed by atoms with Crippen molar-refractivity contribution in [2.24, 2.45) is 0 Å². The Labute approximate surface area is 106 Å². The third-order valence-corrected chi connectivity index (χ3v) is 4.17. The first-order chi connectivity index (χ1) is 8.38. The third kappa shape index (κ3) is 4.57. The van der Waals surface area contributed by atoms with E-state index in [9.17, 15) is 0 Å². The van der Waals surface area contributed by atoms with Crippen molar-refractivity contribution in [3.8, 4) is 0 Å². The van der Waals surface area contributed by atoms with E-state index in [4.69, 9.17) is 0 Å². The van der Waals surface area contributed by atoms with Crippen molar-refractivity contribution in [1.82, 2.24) is 15.5 Å². The molecule has 0 amide bonds. The van der Waals surface area contributed by atoms with Crippen LogP contribution in [0.5, 0.6) is 0 Å². The first-order valence-corrected chi connectivity index (χ1v) is 7.57. The molecule has 1 atom stereocenters. The van der Waals surface area contributed by atoms with Gasteiger partial charge in [0.15, 0.2) is 0 Å². The van der Waals surface area contributed by atoms with Crippen LogP contribution in [0.3, 0.4) is 0 Å². The summed E-state index contributed by atoms with van der Waals surface area (Å²) >= 11 is 0. The highest BCUT2D eigenvalue weighted by Gasteiger charge is 2.21. The second-order valence-electron chi connectivity index (χ2n) is 5.66. The molecule has 2 saturated heterocycles. The zero-order valence-electron chi connectivity index (χ0n) is 11.4. The summed E-state index contributed by atoms with van der Waals surface area (Å²) in [5, 5.41) is 7.38. The van der Waals surface area contributed by atoms with Crippen molar-refractivity contribution >= 4 is 0 Å². The molecule has 1 unspecified atom stereocenters. The lowest BCUT2D eigenvalue weighted by atomic mass is 10.0. The van der Waals surface area contributed by atoms with Gasteiger partial charge in [-0.05, 0) is 71.2 Å². The molecule has 17 heavy (non-hydrogen) atoms. The van der Waals surface area contributed by atoms with Gasteiger partial charge in [-0.2, -0.15) is 0 Å². The molecule has 100 valence electrons. The first kappa shape index (κ1) is 13.3. The van der Waals surface area contributed by atoms with E-state index in [1.807, 2.05) is 0 Å². The van der Waals surface area contributed by atoms with Gasteiger partial charge in [0.2, 0.25) is 0 Å². The smallest absolute Gasteiger partial charge is 0.00940 e. The molecule has 3 heteroatoms. The number of nitrogens with zero attached hydrogens (tertiary/aromatic N) is 1. The molecule has 0 aromatic rings. The first-order valence-electron chi connectivity index (χ1n) is 7.57. The molecule has 0 aromatic heterocycles. The minimum absolute atomic E-state index is 0.771. The fraction of sp³-hybridized carbons (Fsp3) is 1.00. The normalized spacial score (nSPS) is 29.1. The molecule has 3 nitrogen and oxygen atoms in total. The van der Waals surface area contributed by atoms with Gasteiger partial charge in [0.1, 0.15) is 0 Å². The van der Waals surface area contributed by atoms with Crippen LogP contribution < -0.4 is 10.6 Å². The fourth-order valence-electron chi connectivity index (χ4n) is 3.16. The van der Waals surface area contributed by atoms with Crippen LogP contribution in [0, 0.1) is 0 Å². The summed E-state index contributed by atoms with van der Waals surface area (Å²) < 4.78 is 0. The number of likely N-dealkylation sites (tertiary alicyclic amines) is 1. The highest BCUT2D eigenvalue weighted by atomic mass is 15.1. The van der Waals surface area contributed by atoms with E-state index in [0.29, 0.717) is 0 Å². The van der Waals surface area contributed by atoms with Gasteiger partial charge < -0.3 is 15.5 Å². The van der Waals surface area contributed by atoms with Crippen LogP contribution in [0.2, 0.25) is 0 Å². The van der Waals surface area contributed by atoms with Crippen molar-refractivity contribution in [2.75, 3.05) is 32.7 Å². The maximum atomic E-state index is 3.89. The zero-order valence-corrected chi connectivity index (χ0v) is 11.4. The fourth-order valence-corrected chi connectivity index (χ4v) is 3.16. The second kappa shape index (κ2) is 7.34. The van der Waals surface area contributed by atoms with E-state index in [1.165, 1.54) is 71.2 Å². The molecule has 0 aliphatic carbocycles. The lowest BCUT2D eigenvalue weighted by Crippen LogP contribution is -2.46. The maximum absolute atomic E-state index is 3.89. The standard InChI is InChI=1S/C14H29N3/c1-2-10-17-11-6-14(7-12-17)16-13-4-3-8-15-9-5-13/h13-16H,2-12H2,1H3. The average Bonchev–Trinajstić information content (AvgIpc) is 2.61. The van der Waals surface area contributed by atoms with E-state index in [2.05, 4.69) is 22.5 Å². The van der Waals surface area contributed by atoms with Crippen LogP contribution in [0.1, 0.15) is 45.4 Å². The third-order valence-electron chi connectivity index (χ3n) is 4.17. The molecular formula is C14H29N3. The Morgan fingerprint density at radius 2 is 1.82 bits per heavy atom. The summed E-state index contributed by atoms with van der Waals surface area (Å²) in [7, 11) is 0. The van der Waals surface area contributed by atoms with Crippen molar-refractivity contribution in [3.05, 3.63) is 0 Å². The van der Waals surface area contributed by atoms with Crippen molar-refractivity contribution < 1.29 is 0 Å². The second-order valence-corrected chi connectivity index (χ2v) is 5.66. The largest absolute Gasteiger partial charge is 0.317 e. The van der Waals surface area contributed by atoms with Gasteiger partial charge in [-0.3, -0.25) is 0 Å². The minimum Gasteiger partial charge on any atom is -0.317 e. The van der Waals surface area contributed by atoms with Crippen LogP contribution in [0.4, 0.5) is 0 Å². The Bertz CT molecular complexity index is 192. The quantitative estimate of drug-likeness (QED) is 0.780. The van der Waals surface area contributed by atoms with Gasteiger partial charge in [0, 0.05) is 12.1 Å². The Kier molecular flexibility index (Phi) is 5.75. The van der Waals surface area contributed by atoms with E-state index in [1.54, 1.807) is 0 Å². The Hall–Kier alpha value is -0.120. The summed E-state index contributed by atoms with van der Waals surface area (Å²) in [6.07, 6.45) is 8.02. The summed E-state index contributed by atoms with van der Waals surface area (Å²) in [5.41, 5.74) is 0. The molecular weight excluding hydrogens is 210 g/mol. The van der Waals surface area contributed by atoms with Crippen LogP contribution in [0.15, 0.2) is 0 Å². The molecule has 0 spiro atoms. The van der Waals surface area contributed by atoms with E-state index in [0.717, 1.165) is 12.1 Å². The zero-order chi connectivity index (χ0) is 11.9. The Morgan fingerprint density at radius 3 is 2.59 bits per heavy atom. The van der Waals surface area contributed by atoms with Crippen LogP contribution >= 0.6 is 0 Å². The number of hydrogen-bond acceptors (Lipinski definition) is 3. The molecule has 2 N–H and O–H groups in total. The Morgan fingerprint density at radius 1 is 1.06 bits per heavy atom. The molecule has 0 bridgehead atoms. The van der Waals surface area contributed by atoms with Gasteiger partial charge in [-0.1, -0.05) is 6.92 Å². The lowest BCUT2D eigenvalue weighted by Gasteiger charge is -2.34. The van der Waals surface area contributed by atoms with Gasteiger partial charge >= 0.3 is 0 Å². The lowest BCUT2D eigenvalue weighted by molar-refractivity contribution is 0.189. The summed E-state index contributed by atoms with van der Waals surface area (Å²) in [5.74, 6) is 0. The van der Waals surface area contributed by atoms with Crippen molar-refractivity contribution in [3.63, 3.8) is 0 Å². The minimum atomic E-state index is 0.771. The van der Waals surface area contributed by atoms with Crippen molar-refractivity contribution in [2.45, 2.75) is 57.5 Å². The number of piperidine rings is 1. The van der Waals surface area contributed by atoms with E-state index >= 15 is 0 Å². The summed E-state index contributed by atoms with van der Waals surface area (Å²) in [6, 6.07) is 1.55. The summed E-state index contributed by atoms with van der Waals surface area (Å²) in [4.78, 5) is 2.62. The molecule has 2 aliphatic heterocycles. The van der Waals surface area contributed by atoms with Gasteiger partial charge in [0.05, 0.1) is 0 Å². The molecule has 0 radical (unpaired) electrons. The maximum Gasteiger partial charge on any atom is 0.00940 e. The topological polar surface area (TPSA) is 27.3 Å². The van der Waals surface area contributed by atoms with E-state index in [-0.39, 0.29) is 0 Å². The van der Waals surface area contributed by atoms with Gasteiger partial charge in [-0.25, -0.2) is 0 Å². The molecule has 0 aromatic carbocycles. The average molecular weight is 239 g/mol. The van der Waals surface area contributed by atoms with Crippen LogP contribution in [-0.2, 0) is 0 Å². The molecule has 2 fully saturated rings. The number of nitrogens with one attached hydrogen (secondary N) is 2. The van der Waals surface area contributed by atoms with Crippen LogP contribution in [-0.4, -0.2) is 49.7 Å². The SMILES string of the molecule is CCCN1CCC(NC2CCCNCC2)CC1. The Balaban J connectivity index is 1.66. The predicted octanol–water partition coefficient (Wildman–Crippen LogP) is 1.59. The van der Waals surface area contributed by atoms with Crippen molar-refractivity contribution in [1.29, 1.82) is 0 Å².